The second-order valence-corrected chi connectivity index (χ2v) is 5.40. The highest BCUT2D eigenvalue weighted by molar-refractivity contribution is 5.24. The van der Waals surface area contributed by atoms with Crippen molar-refractivity contribution in [2.45, 2.75) is 37.3 Å². The molecule has 2 fully saturated rings. The molecule has 1 aromatic rings. The molecule has 1 aliphatic carbocycles. The smallest absolute Gasteiger partial charge is 0.0543 e. The predicted molar refractivity (Wildman–Crippen MR) is 63.1 cm³/mol. The van der Waals surface area contributed by atoms with Crippen molar-refractivity contribution in [2.75, 3.05) is 20.1 Å². The Balaban J connectivity index is 1.72. The van der Waals surface area contributed by atoms with Crippen LogP contribution in [0.15, 0.2) is 12.4 Å². The van der Waals surface area contributed by atoms with Crippen molar-refractivity contribution in [1.82, 2.24) is 14.7 Å². The predicted octanol–water partition coefficient (Wildman–Crippen LogP) is 1.10. The monoisotopic (exact) mass is 220 g/mol. The summed E-state index contributed by atoms with van der Waals surface area (Å²) in [6.07, 6.45) is 8.77. The van der Waals surface area contributed by atoms with E-state index in [9.17, 15) is 0 Å². The Morgan fingerprint density at radius 1 is 1.38 bits per heavy atom. The summed E-state index contributed by atoms with van der Waals surface area (Å²) in [6, 6.07) is 0.576. The van der Waals surface area contributed by atoms with Crippen LogP contribution in [0.25, 0.3) is 0 Å². The average molecular weight is 220 g/mol. The van der Waals surface area contributed by atoms with Gasteiger partial charge < -0.3 is 10.6 Å². The second kappa shape index (κ2) is 3.57. The van der Waals surface area contributed by atoms with E-state index < -0.39 is 0 Å². The SMILES string of the molecule is CN1CCC(n2cc(C3(N)CC3)cn2)CC1. The Hall–Kier alpha value is -0.870. The standard InChI is InChI=1S/C12H20N4/c1-15-6-2-11(3-7-15)16-9-10(8-14-16)12(13)4-5-12/h8-9,11H,2-7,13H2,1H3. The van der Waals surface area contributed by atoms with E-state index in [-0.39, 0.29) is 5.54 Å². The molecular weight excluding hydrogens is 200 g/mol. The lowest BCUT2D eigenvalue weighted by Gasteiger charge is -2.29. The van der Waals surface area contributed by atoms with Crippen LogP contribution in [0, 0.1) is 0 Å². The third-order valence-electron chi connectivity index (χ3n) is 4.03. The molecular formula is C12H20N4. The third-order valence-corrected chi connectivity index (χ3v) is 4.03. The third kappa shape index (κ3) is 1.76. The van der Waals surface area contributed by atoms with Crippen LogP contribution in [-0.2, 0) is 5.54 Å². The molecule has 0 atom stereocenters. The van der Waals surface area contributed by atoms with Gasteiger partial charge in [0.05, 0.1) is 12.2 Å². The summed E-state index contributed by atoms with van der Waals surface area (Å²) in [5, 5.41) is 4.49. The van der Waals surface area contributed by atoms with Crippen molar-refractivity contribution in [1.29, 1.82) is 0 Å². The summed E-state index contributed by atoms with van der Waals surface area (Å²) in [6.45, 7) is 2.35. The molecule has 0 spiro atoms. The number of aromatic nitrogens is 2. The fourth-order valence-corrected chi connectivity index (χ4v) is 2.48. The summed E-state index contributed by atoms with van der Waals surface area (Å²) in [4.78, 5) is 2.38. The van der Waals surface area contributed by atoms with Crippen LogP contribution in [0.4, 0.5) is 0 Å². The minimum atomic E-state index is -0.0380. The van der Waals surface area contributed by atoms with E-state index in [1.54, 1.807) is 0 Å². The highest BCUT2D eigenvalue weighted by atomic mass is 15.3. The molecule has 1 saturated carbocycles. The molecule has 0 bridgehead atoms. The van der Waals surface area contributed by atoms with Gasteiger partial charge in [0.2, 0.25) is 0 Å². The topological polar surface area (TPSA) is 47.1 Å². The molecule has 1 aliphatic heterocycles. The maximum absolute atomic E-state index is 6.17. The minimum Gasteiger partial charge on any atom is -0.321 e. The Bertz CT molecular complexity index is 372. The van der Waals surface area contributed by atoms with Crippen molar-refractivity contribution >= 4 is 0 Å². The van der Waals surface area contributed by atoms with E-state index in [1.807, 2.05) is 6.20 Å². The zero-order chi connectivity index (χ0) is 11.2. The molecule has 0 unspecified atom stereocenters. The van der Waals surface area contributed by atoms with Gasteiger partial charge in [-0.2, -0.15) is 5.10 Å². The van der Waals surface area contributed by atoms with Crippen molar-refractivity contribution < 1.29 is 0 Å². The summed E-state index contributed by atoms with van der Waals surface area (Å²) in [5.41, 5.74) is 7.36. The van der Waals surface area contributed by atoms with E-state index in [0.29, 0.717) is 6.04 Å². The molecule has 1 saturated heterocycles. The fraction of sp³-hybridized carbons (Fsp3) is 0.750. The minimum absolute atomic E-state index is 0.0380. The summed E-state index contributed by atoms with van der Waals surface area (Å²) >= 11 is 0. The molecule has 3 rings (SSSR count). The van der Waals surface area contributed by atoms with E-state index in [2.05, 4.69) is 27.9 Å². The summed E-state index contributed by atoms with van der Waals surface area (Å²) in [5.74, 6) is 0. The molecule has 16 heavy (non-hydrogen) atoms. The number of likely N-dealkylation sites (tertiary alicyclic amines) is 1. The molecule has 0 radical (unpaired) electrons. The Morgan fingerprint density at radius 2 is 2.06 bits per heavy atom. The van der Waals surface area contributed by atoms with Gasteiger partial charge in [-0.05, 0) is 45.8 Å². The molecule has 0 amide bonds. The normalized spacial score (nSPS) is 25.9. The lowest BCUT2D eigenvalue weighted by molar-refractivity contribution is 0.212. The highest BCUT2D eigenvalue weighted by Gasteiger charge is 2.41. The summed E-state index contributed by atoms with van der Waals surface area (Å²) in [7, 11) is 2.18. The van der Waals surface area contributed by atoms with Crippen LogP contribution in [0.1, 0.15) is 37.3 Å². The number of piperidine rings is 1. The number of nitrogens with two attached hydrogens (primary N) is 1. The largest absolute Gasteiger partial charge is 0.321 e. The van der Waals surface area contributed by atoms with Gasteiger partial charge in [0.1, 0.15) is 0 Å². The molecule has 4 nitrogen and oxygen atoms in total. The Kier molecular flexibility index (Phi) is 2.30. The molecule has 1 aromatic heterocycles. The lowest BCUT2D eigenvalue weighted by atomic mass is 10.1. The van der Waals surface area contributed by atoms with Gasteiger partial charge in [-0.15, -0.1) is 0 Å². The van der Waals surface area contributed by atoms with Crippen molar-refractivity contribution in [3.05, 3.63) is 18.0 Å². The van der Waals surface area contributed by atoms with Gasteiger partial charge in [0, 0.05) is 17.3 Å². The van der Waals surface area contributed by atoms with Gasteiger partial charge in [-0.1, -0.05) is 0 Å². The zero-order valence-corrected chi connectivity index (χ0v) is 9.89. The van der Waals surface area contributed by atoms with Gasteiger partial charge in [-0.25, -0.2) is 0 Å². The molecule has 2 N–H and O–H groups in total. The molecule has 4 heteroatoms. The maximum atomic E-state index is 6.17. The molecule has 2 heterocycles. The molecule has 2 aliphatic rings. The van der Waals surface area contributed by atoms with Crippen molar-refractivity contribution in [3.63, 3.8) is 0 Å². The first-order valence-corrected chi connectivity index (χ1v) is 6.19. The first-order valence-electron chi connectivity index (χ1n) is 6.19. The van der Waals surface area contributed by atoms with Crippen LogP contribution in [0.3, 0.4) is 0 Å². The lowest BCUT2D eigenvalue weighted by Crippen LogP contribution is -2.31. The fourth-order valence-electron chi connectivity index (χ4n) is 2.48. The van der Waals surface area contributed by atoms with Crippen LogP contribution >= 0.6 is 0 Å². The zero-order valence-electron chi connectivity index (χ0n) is 9.89. The number of rotatable bonds is 2. The quantitative estimate of drug-likeness (QED) is 0.812. The van der Waals surface area contributed by atoms with Crippen LogP contribution in [0.2, 0.25) is 0 Å². The number of hydrogen-bond acceptors (Lipinski definition) is 3. The van der Waals surface area contributed by atoms with Crippen LogP contribution in [0.5, 0.6) is 0 Å². The van der Waals surface area contributed by atoms with E-state index in [1.165, 1.54) is 31.5 Å². The van der Waals surface area contributed by atoms with E-state index in [4.69, 9.17) is 5.73 Å². The van der Waals surface area contributed by atoms with E-state index >= 15 is 0 Å². The van der Waals surface area contributed by atoms with E-state index in [0.717, 1.165) is 12.8 Å². The first-order chi connectivity index (χ1) is 7.67. The maximum Gasteiger partial charge on any atom is 0.0543 e. The van der Waals surface area contributed by atoms with Gasteiger partial charge in [0.15, 0.2) is 0 Å². The van der Waals surface area contributed by atoms with Gasteiger partial charge >= 0.3 is 0 Å². The van der Waals surface area contributed by atoms with Crippen molar-refractivity contribution in [2.24, 2.45) is 5.73 Å². The van der Waals surface area contributed by atoms with Gasteiger partial charge in [0.25, 0.3) is 0 Å². The second-order valence-electron chi connectivity index (χ2n) is 5.40. The molecule has 88 valence electrons. The Labute approximate surface area is 96.4 Å². The number of hydrogen-bond donors (Lipinski definition) is 1. The Morgan fingerprint density at radius 3 is 2.69 bits per heavy atom. The summed E-state index contributed by atoms with van der Waals surface area (Å²) < 4.78 is 2.13. The molecule has 0 aromatic carbocycles. The van der Waals surface area contributed by atoms with Gasteiger partial charge in [-0.3, -0.25) is 4.68 Å². The number of nitrogens with zero attached hydrogens (tertiary/aromatic N) is 3. The van der Waals surface area contributed by atoms with Crippen LogP contribution < -0.4 is 5.73 Å². The average Bonchev–Trinajstić information content (AvgIpc) is 2.84. The van der Waals surface area contributed by atoms with Crippen molar-refractivity contribution in [3.8, 4) is 0 Å². The first kappa shape index (κ1) is 10.3. The van der Waals surface area contributed by atoms with Crippen LogP contribution in [-0.4, -0.2) is 34.8 Å². The highest BCUT2D eigenvalue weighted by Crippen LogP contribution is 2.42.